The molecule has 0 saturated heterocycles. The number of hydrogen-bond acceptors (Lipinski definition) is 10. The molecule has 0 bridgehead atoms. The van der Waals surface area contributed by atoms with Gasteiger partial charge in [0.15, 0.2) is 5.13 Å². The number of fused-ring (bicyclic) bond motifs is 2. The molecular weight excluding hydrogens is 454 g/mol. The molecule has 0 spiro atoms. The Hall–Kier alpha value is -4.12. The Morgan fingerprint density at radius 1 is 1.15 bits per heavy atom. The van der Waals surface area contributed by atoms with Crippen molar-refractivity contribution in [2.24, 2.45) is 0 Å². The number of amides is 1. The molecule has 1 aromatic carbocycles. The summed E-state index contributed by atoms with van der Waals surface area (Å²) in [5.74, 6) is 2.08. The number of nitrogens with zero attached hydrogens (tertiary/aromatic N) is 5. The van der Waals surface area contributed by atoms with E-state index in [1.165, 1.54) is 11.3 Å². The van der Waals surface area contributed by atoms with E-state index in [-0.39, 0.29) is 12.3 Å². The number of benzene rings is 1. The zero-order valence-corrected chi connectivity index (χ0v) is 19.3. The average Bonchev–Trinajstić information content (AvgIpc) is 3.45. The molecule has 1 amide bonds. The zero-order valence-electron chi connectivity index (χ0n) is 18.5. The number of aromatic nitrogens is 5. The van der Waals surface area contributed by atoms with E-state index in [1.807, 2.05) is 31.2 Å². The van der Waals surface area contributed by atoms with Crippen molar-refractivity contribution in [3.63, 3.8) is 0 Å². The standard InChI is InChI=1S/C23H21N7O3S/c1-3-32-22-19-17(7-10-26-22)28-23(34-19)29-18(31)8-11-25-21-16-12-15(20-27-13(2)33-30-20)5-4-14(16)6-9-24-21/h4-7,9-10,12H,3,8,11H2,1-2H3,(H,24,25)(H,28,29,31). The molecule has 0 unspecified atom stereocenters. The van der Waals surface area contributed by atoms with Crippen LogP contribution in [0.4, 0.5) is 10.9 Å². The van der Waals surface area contributed by atoms with Crippen LogP contribution in [0.25, 0.3) is 32.4 Å². The second kappa shape index (κ2) is 9.40. The zero-order chi connectivity index (χ0) is 23.5. The summed E-state index contributed by atoms with van der Waals surface area (Å²) in [6, 6.07) is 9.60. The highest BCUT2D eigenvalue weighted by Gasteiger charge is 2.13. The molecule has 11 heteroatoms. The number of carbonyl (C=O) groups excluding carboxylic acids is 1. The van der Waals surface area contributed by atoms with Crippen molar-refractivity contribution in [1.82, 2.24) is 25.1 Å². The van der Waals surface area contributed by atoms with Crippen LogP contribution in [-0.2, 0) is 4.79 Å². The van der Waals surface area contributed by atoms with E-state index in [9.17, 15) is 4.79 Å². The van der Waals surface area contributed by atoms with Gasteiger partial charge in [0.2, 0.25) is 23.5 Å². The predicted molar refractivity (Wildman–Crippen MR) is 130 cm³/mol. The normalized spacial score (nSPS) is 11.1. The van der Waals surface area contributed by atoms with Crippen LogP contribution in [0.2, 0.25) is 0 Å². The lowest BCUT2D eigenvalue weighted by Gasteiger charge is -2.09. The minimum Gasteiger partial charge on any atom is -0.477 e. The number of ether oxygens (including phenoxy) is 1. The molecule has 5 rings (SSSR count). The number of hydrogen-bond donors (Lipinski definition) is 2. The van der Waals surface area contributed by atoms with Gasteiger partial charge in [-0.05, 0) is 30.5 Å². The first-order valence-corrected chi connectivity index (χ1v) is 11.5. The van der Waals surface area contributed by atoms with Crippen molar-refractivity contribution >= 4 is 49.2 Å². The first kappa shape index (κ1) is 21.7. The largest absolute Gasteiger partial charge is 0.477 e. The Balaban J connectivity index is 1.25. The molecule has 4 aromatic heterocycles. The average molecular weight is 476 g/mol. The van der Waals surface area contributed by atoms with Gasteiger partial charge in [0.25, 0.3) is 0 Å². The van der Waals surface area contributed by atoms with E-state index in [0.29, 0.717) is 41.7 Å². The maximum atomic E-state index is 12.5. The van der Waals surface area contributed by atoms with E-state index < -0.39 is 0 Å². The highest BCUT2D eigenvalue weighted by molar-refractivity contribution is 7.22. The second-order valence-electron chi connectivity index (χ2n) is 7.37. The van der Waals surface area contributed by atoms with Gasteiger partial charge in [-0.3, -0.25) is 4.79 Å². The van der Waals surface area contributed by atoms with Crippen molar-refractivity contribution < 1.29 is 14.1 Å². The fourth-order valence-corrected chi connectivity index (χ4v) is 4.39. The third-order valence-electron chi connectivity index (χ3n) is 5.00. The van der Waals surface area contributed by atoms with Gasteiger partial charge in [0, 0.05) is 43.2 Å². The van der Waals surface area contributed by atoms with Crippen LogP contribution in [-0.4, -0.2) is 44.2 Å². The van der Waals surface area contributed by atoms with Crippen LogP contribution >= 0.6 is 11.3 Å². The molecule has 10 nitrogen and oxygen atoms in total. The molecule has 0 saturated carbocycles. The lowest BCUT2D eigenvalue weighted by atomic mass is 10.1. The van der Waals surface area contributed by atoms with E-state index in [4.69, 9.17) is 9.26 Å². The highest BCUT2D eigenvalue weighted by Crippen LogP contribution is 2.32. The lowest BCUT2D eigenvalue weighted by molar-refractivity contribution is -0.115. The summed E-state index contributed by atoms with van der Waals surface area (Å²) in [7, 11) is 0. The summed E-state index contributed by atoms with van der Waals surface area (Å²) in [5.41, 5.74) is 1.57. The van der Waals surface area contributed by atoms with E-state index in [2.05, 4.69) is 35.7 Å². The molecule has 0 fully saturated rings. The van der Waals surface area contributed by atoms with Crippen molar-refractivity contribution in [1.29, 1.82) is 0 Å². The summed E-state index contributed by atoms with van der Waals surface area (Å²) >= 11 is 1.34. The number of carbonyl (C=O) groups is 1. The smallest absolute Gasteiger partial charge is 0.233 e. The SMILES string of the molecule is CCOc1nccc2nc(NC(=O)CCNc3nccc4ccc(-c5noc(C)n5)cc34)sc12. The number of aryl methyl sites for hydroxylation is 1. The van der Waals surface area contributed by atoms with Crippen molar-refractivity contribution in [3.8, 4) is 17.3 Å². The Morgan fingerprint density at radius 2 is 2.03 bits per heavy atom. The van der Waals surface area contributed by atoms with Gasteiger partial charge >= 0.3 is 0 Å². The maximum absolute atomic E-state index is 12.5. The summed E-state index contributed by atoms with van der Waals surface area (Å²) in [5, 5.41) is 12.5. The van der Waals surface area contributed by atoms with Gasteiger partial charge < -0.3 is 19.9 Å². The first-order valence-electron chi connectivity index (χ1n) is 10.7. The summed E-state index contributed by atoms with van der Waals surface area (Å²) in [4.78, 5) is 29.9. The Kier molecular flexibility index (Phi) is 6.00. The third kappa shape index (κ3) is 4.50. The fourth-order valence-electron chi connectivity index (χ4n) is 3.47. The van der Waals surface area contributed by atoms with Crippen molar-refractivity contribution in [2.75, 3.05) is 23.8 Å². The van der Waals surface area contributed by atoms with Crippen LogP contribution in [0.15, 0.2) is 47.2 Å². The number of anilines is 2. The molecule has 4 heterocycles. The van der Waals surface area contributed by atoms with Gasteiger partial charge in [-0.15, -0.1) is 0 Å². The van der Waals surface area contributed by atoms with Crippen LogP contribution in [0.3, 0.4) is 0 Å². The highest BCUT2D eigenvalue weighted by atomic mass is 32.1. The number of rotatable bonds is 8. The molecular formula is C23H21N7O3S. The van der Waals surface area contributed by atoms with Crippen LogP contribution in [0, 0.1) is 6.92 Å². The molecule has 2 N–H and O–H groups in total. The molecule has 0 atom stereocenters. The summed E-state index contributed by atoms with van der Waals surface area (Å²) < 4.78 is 11.4. The van der Waals surface area contributed by atoms with E-state index in [1.54, 1.807) is 25.4 Å². The second-order valence-corrected chi connectivity index (χ2v) is 8.37. The summed E-state index contributed by atoms with van der Waals surface area (Å²) in [6.45, 7) is 4.56. The Labute approximate surface area is 198 Å². The molecule has 0 aliphatic heterocycles. The van der Waals surface area contributed by atoms with Gasteiger partial charge in [-0.1, -0.05) is 28.6 Å². The molecule has 0 radical (unpaired) electrons. The molecule has 34 heavy (non-hydrogen) atoms. The molecule has 5 aromatic rings. The monoisotopic (exact) mass is 475 g/mol. The van der Waals surface area contributed by atoms with E-state index >= 15 is 0 Å². The fraction of sp³-hybridized carbons (Fsp3) is 0.217. The molecule has 0 aliphatic rings. The van der Waals surface area contributed by atoms with Gasteiger partial charge in [0.05, 0.1) is 12.1 Å². The number of nitrogens with one attached hydrogen (secondary N) is 2. The van der Waals surface area contributed by atoms with Crippen molar-refractivity contribution in [2.45, 2.75) is 20.3 Å². The maximum Gasteiger partial charge on any atom is 0.233 e. The topological polar surface area (TPSA) is 128 Å². The minimum absolute atomic E-state index is 0.152. The first-order chi connectivity index (χ1) is 16.6. The Morgan fingerprint density at radius 3 is 2.85 bits per heavy atom. The minimum atomic E-state index is -0.152. The lowest BCUT2D eigenvalue weighted by Crippen LogP contribution is -2.16. The van der Waals surface area contributed by atoms with Crippen LogP contribution in [0.5, 0.6) is 5.88 Å². The molecule has 172 valence electrons. The van der Waals surface area contributed by atoms with Gasteiger partial charge in [0.1, 0.15) is 10.5 Å². The third-order valence-corrected chi connectivity index (χ3v) is 5.97. The quantitative estimate of drug-likeness (QED) is 0.335. The van der Waals surface area contributed by atoms with E-state index in [0.717, 1.165) is 26.6 Å². The summed E-state index contributed by atoms with van der Waals surface area (Å²) in [6.07, 6.45) is 3.62. The van der Waals surface area contributed by atoms with Crippen LogP contribution in [0.1, 0.15) is 19.2 Å². The van der Waals surface area contributed by atoms with Crippen LogP contribution < -0.4 is 15.4 Å². The molecule has 0 aliphatic carbocycles. The van der Waals surface area contributed by atoms with Gasteiger partial charge in [-0.25, -0.2) is 15.0 Å². The van der Waals surface area contributed by atoms with Gasteiger partial charge in [-0.2, -0.15) is 4.98 Å². The van der Waals surface area contributed by atoms with Crippen molar-refractivity contribution in [3.05, 3.63) is 48.6 Å². The predicted octanol–water partition coefficient (Wildman–Crippen LogP) is 4.44. The Bertz CT molecular complexity index is 1480. The number of thiazole rings is 1. The number of pyridine rings is 2.